The van der Waals surface area contributed by atoms with Crippen molar-refractivity contribution in [3.8, 4) is 17.3 Å². The average molecular weight is 462 g/mol. The van der Waals surface area contributed by atoms with Gasteiger partial charge in [-0.2, -0.15) is 4.31 Å². The first-order chi connectivity index (χ1) is 16.1. The Morgan fingerprint density at radius 1 is 0.939 bits per heavy atom. The third-order valence-electron chi connectivity index (χ3n) is 5.82. The highest BCUT2D eigenvalue weighted by atomic mass is 32.2. The second-order valence-corrected chi connectivity index (χ2v) is 9.59. The number of hydrogen-bond donors (Lipinski definition) is 0. The Morgan fingerprint density at radius 2 is 1.79 bits per heavy atom. The van der Waals surface area contributed by atoms with Gasteiger partial charge in [-0.1, -0.05) is 36.4 Å². The maximum absolute atomic E-state index is 14.1. The van der Waals surface area contributed by atoms with Crippen LogP contribution < -0.4 is 9.47 Å². The third kappa shape index (κ3) is 3.26. The van der Waals surface area contributed by atoms with Crippen molar-refractivity contribution in [3.63, 3.8) is 0 Å². The fourth-order valence-electron chi connectivity index (χ4n) is 4.32. The Balaban J connectivity index is 1.55. The van der Waals surface area contributed by atoms with Crippen LogP contribution in [0.25, 0.3) is 5.82 Å². The second-order valence-electron chi connectivity index (χ2n) is 7.73. The van der Waals surface area contributed by atoms with Crippen LogP contribution in [0.3, 0.4) is 0 Å². The predicted octanol–water partition coefficient (Wildman–Crippen LogP) is 2.88. The summed E-state index contributed by atoms with van der Waals surface area (Å²) in [7, 11) is -4.04. The van der Waals surface area contributed by atoms with Crippen molar-refractivity contribution in [3.05, 3.63) is 90.4 Å². The molecule has 10 heteroatoms. The number of hydrogen-bond acceptors (Lipinski definition) is 7. The van der Waals surface area contributed by atoms with Crippen LogP contribution in [0.5, 0.6) is 11.5 Å². The van der Waals surface area contributed by atoms with E-state index >= 15 is 0 Å². The van der Waals surface area contributed by atoms with Gasteiger partial charge in [-0.15, -0.1) is 0 Å². The lowest BCUT2D eigenvalue weighted by Crippen LogP contribution is -2.36. The molecule has 0 spiro atoms. The van der Waals surface area contributed by atoms with E-state index in [1.54, 1.807) is 36.9 Å². The molecule has 0 amide bonds. The Bertz CT molecular complexity index is 1440. The van der Waals surface area contributed by atoms with Gasteiger partial charge in [-0.3, -0.25) is 9.55 Å². The molecule has 0 bridgehead atoms. The topological polar surface area (TPSA) is 99.4 Å². The van der Waals surface area contributed by atoms with Crippen LogP contribution in [0, 0.1) is 0 Å². The predicted molar refractivity (Wildman–Crippen MR) is 117 cm³/mol. The van der Waals surface area contributed by atoms with E-state index in [4.69, 9.17) is 9.47 Å². The number of benzene rings is 2. The largest absolute Gasteiger partial charge is 0.454 e. The van der Waals surface area contributed by atoms with Gasteiger partial charge in [0, 0.05) is 24.8 Å². The quantitative estimate of drug-likeness (QED) is 0.461. The summed E-state index contributed by atoms with van der Waals surface area (Å²) in [5.41, 5.74) is 1.53. The van der Waals surface area contributed by atoms with E-state index < -0.39 is 16.1 Å². The monoisotopic (exact) mass is 461 g/mol. The summed E-state index contributed by atoms with van der Waals surface area (Å²) in [5.74, 6) is 1.78. The van der Waals surface area contributed by atoms with Crippen LogP contribution in [-0.2, 0) is 23.0 Å². The van der Waals surface area contributed by atoms with Gasteiger partial charge >= 0.3 is 0 Å². The maximum atomic E-state index is 14.1. The summed E-state index contributed by atoms with van der Waals surface area (Å²) in [4.78, 5) is 13.5. The summed E-state index contributed by atoms with van der Waals surface area (Å²) < 4.78 is 42.5. The number of nitrogens with zero attached hydrogens (tertiary/aromatic N) is 5. The van der Waals surface area contributed by atoms with Crippen molar-refractivity contribution in [1.29, 1.82) is 0 Å². The summed E-state index contributed by atoms with van der Waals surface area (Å²) >= 11 is 0. The van der Waals surface area contributed by atoms with Gasteiger partial charge in [0.05, 0.1) is 18.3 Å². The molecule has 2 aromatic heterocycles. The number of ether oxygens (including phenoxy) is 2. The lowest BCUT2D eigenvalue weighted by atomic mass is 10.1. The molecule has 166 valence electrons. The Morgan fingerprint density at radius 3 is 2.67 bits per heavy atom. The minimum Gasteiger partial charge on any atom is -0.454 e. The number of imidazole rings is 1. The van der Waals surface area contributed by atoms with Crippen molar-refractivity contribution in [2.24, 2.45) is 0 Å². The second kappa shape index (κ2) is 7.68. The molecule has 33 heavy (non-hydrogen) atoms. The molecule has 0 unspecified atom stereocenters. The highest BCUT2D eigenvalue weighted by Crippen LogP contribution is 2.42. The molecule has 4 heterocycles. The Labute approximate surface area is 190 Å². The van der Waals surface area contributed by atoms with Crippen molar-refractivity contribution in [2.75, 3.05) is 6.79 Å². The number of sulfonamides is 1. The molecule has 6 rings (SSSR count). The molecule has 0 saturated heterocycles. The molecule has 1 atom stereocenters. The molecule has 2 aliphatic heterocycles. The zero-order valence-corrected chi connectivity index (χ0v) is 18.2. The fourth-order valence-corrected chi connectivity index (χ4v) is 6.01. The van der Waals surface area contributed by atoms with E-state index in [1.807, 2.05) is 34.9 Å². The molecule has 0 aliphatic carbocycles. The summed E-state index contributed by atoms with van der Waals surface area (Å²) in [5, 5.41) is 0. The number of rotatable bonds is 4. The zero-order chi connectivity index (χ0) is 22.4. The van der Waals surface area contributed by atoms with Gasteiger partial charge < -0.3 is 9.47 Å². The lowest BCUT2D eigenvalue weighted by molar-refractivity contribution is 0.172. The summed E-state index contributed by atoms with van der Waals surface area (Å²) in [6.07, 6.45) is 7.02. The van der Waals surface area contributed by atoms with E-state index in [9.17, 15) is 8.42 Å². The van der Waals surface area contributed by atoms with Gasteiger partial charge in [-0.05, 0) is 24.1 Å². The van der Waals surface area contributed by atoms with E-state index in [-0.39, 0.29) is 24.0 Å². The molecule has 4 aromatic rings. The van der Waals surface area contributed by atoms with Gasteiger partial charge in [0.25, 0.3) is 0 Å². The first kappa shape index (κ1) is 19.9. The standard InChI is InChI=1S/C23H19N5O4S/c29-33(30,20-8-4-7-19-21(20)32-15-31-19)28-14-17-22(25-10-9-24-17)27-12-11-26-23(27)18(28)13-16-5-2-1-3-6-16/h1-12,18H,13-15H2/t18-/m1/s1. The van der Waals surface area contributed by atoms with Crippen LogP contribution in [0.4, 0.5) is 0 Å². The molecule has 9 nitrogen and oxygen atoms in total. The molecular formula is C23H19N5O4S. The van der Waals surface area contributed by atoms with Crippen molar-refractivity contribution in [1.82, 2.24) is 23.8 Å². The molecule has 0 N–H and O–H groups in total. The van der Waals surface area contributed by atoms with E-state index in [0.29, 0.717) is 29.5 Å². The minimum atomic E-state index is -4.04. The summed E-state index contributed by atoms with van der Waals surface area (Å²) in [6.45, 7) is 0.0188. The number of para-hydroxylation sites is 1. The van der Waals surface area contributed by atoms with Gasteiger partial charge in [-0.25, -0.2) is 18.4 Å². The van der Waals surface area contributed by atoms with E-state index in [2.05, 4.69) is 15.0 Å². The average Bonchev–Trinajstić information content (AvgIpc) is 3.49. The van der Waals surface area contributed by atoms with Crippen LogP contribution in [0.2, 0.25) is 0 Å². The maximum Gasteiger partial charge on any atom is 0.247 e. The molecule has 2 aliphatic rings. The molecule has 2 aromatic carbocycles. The first-order valence-electron chi connectivity index (χ1n) is 10.4. The number of aromatic nitrogens is 4. The van der Waals surface area contributed by atoms with Crippen molar-refractivity contribution < 1.29 is 17.9 Å². The van der Waals surface area contributed by atoms with Gasteiger partial charge in [0.15, 0.2) is 17.3 Å². The normalized spacial score (nSPS) is 17.3. The van der Waals surface area contributed by atoms with E-state index in [0.717, 1.165) is 5.56 Å². The highest BCUT2D eigenvalue weighted by molar-refractivity contribution is 7.89. The third-order valence-corrected chi connectivity index (χ3v) is 7.70. The molecular weight excluding hydrogens is 442 g/mol. The van der Waals surface area contributed by atoms with Crippen LogP contribution >= 0.6 is 0 Å². The summed E-state index contributed by atoms with van der Waals surface area (Å²) in [6, 6.07) is 14.0. The smallest absolute Gasteiger partial charge is 0.247 e. The zero-order valence-electron chi connectivity index (χ0n) is 17.4. The van der Waals surface area contributed by atoms with Gasteiger partial charge in [0.1, 0.15) is 10.7 Å². The molecule has 0 fully saturated rings. The first-order valence-corrected chi connectivity index (χ1v) is 11.8. The van der Waals surface area contributed by atoms with Crippen LogP contribution in [0.15, 0.2) is 78.2 Å². The van der Waals surface area contributed by atoms with Crippen molar-refractivity contribution in [2.45, 2.75) is 23.9 Å². The van der Waals surface area contributed by atoms with Crippen LogP contribution in [0.1, 0.15) is 23.1 Å². The SMILES string of the molecule is O=S(=O)(c1cccc2c1OCO2)N1Cc2nccnc2-n2ccnc2[C@H]1Cc1ccccc1. The fraction of sp³-hybridized carbons (Fsp3) is 0.174. The minimum absolute atomic E-state index is 0.0198. The number of fused-ring (bicyclic) bond motifs is 4. The highest BCUT2D eigenvalue weighted by Gasteiger charge is 2.41. The van der Waals surface area contributed by atoms with Crippen molar-refractivity contribution >= 4 is 10.0 Å². The van der Waals surface area contributed by atoms with E-state index in [1.165, 1.54) is 10.4 Å². The lowest BCUT2D eigenvalue weighted by Gasteiger charge is -2.29. The molecule has 0 radical (unpaired) electrons. The van der Waals surface area contributed by atoms with Gasteiger partial charge in [0.2, 0.25) is 16.8 Å². The Kier molecular flexibility index (Phi) is 4.63. The van der Waals surface area contributed by atoms with Crippen LogP contribution in [-0.4, -0.2) is 39.0 Å². The Hall–Kier alpha value is -3.76. The molecule has 0 saturated carbocycles.